The molecule has 0 N–H and O–H groups in total. The molecule has 4 heteroatoms. The Kier molecular flexibility index (Phi) is 3.33. The molecule has 84 valence electrons. The van der Waals surface area contributed by atoms with Gasteiger partial charge in [0, 0.05) is 20.2 Å². The van der Waals surface area contributed by atoms with Crippen molar-refractivity contribution in [2.24, 2.45) is 0 Å². The summed E-state index contributed by atoms with van der Waals surface area (Å²) in [5.74, 6) is 0. The number of benzene rings is 1. The second-order valence-corrected chi connectivity index (χ2v) is 4.25. The van der Waals surface area contributed by atoms with Crippen LogP contribution in [0.25, 0.3) is 0 Å². The van der Waals surface area contributed by atoms with Crippen LogP contribution in [0.15, 0.2) is 18.2 Å². The van der Waals surface area contributed by atoms with E-state index in [9.17, 15) is 0 Å². The summed E-state index contributed by atoms with van der Waals surface area (Å²) in [7, 11) is 1.72. The van der Waals surface area contributed by atoms with Crippen LogP contribution < -0.4 is 4.90 Å². The third-order valence-corrected chi connectivity index (χ3v) is 3.24. The van der Waals surface area contributed by atoms with E-state index in [1.165, 1.54) is 0 Å². The number of hydrogen-bond acceptors (Lipinski definition) is 3. The van der Waals surface area contributed by atoms with E-state index in [2.05, 4.69) is 11.0 Å². The summed E-state index contributed by atoms with van der Waals surface area (Å²) in [4.78, 5) is 2.15. The van der Waals surface area contributed by atoms with Crippen LogP contribution in [0.3, 0.4) is 0 Å². The van der Waals surface area contributed by atoms with E-state index in [0.717, 1.165) is 25.2 Å². The fraction of sp³-hybridized carbons (Fsp3) is 0.417. The molecule has 16 heavy (non-hydrogen) atoms. The van der Waals surface area contributed by atoms with Crippen molar-refractivity contribution >= 4 is 17.3 Å². The number of nitriles is 1. The summed E-state index contributed by atoms with van der Waals surface area (Å²) in [6, 6.07) is 7.71. The number of nitrogens with zero attached hydrogens (tertiary/aromatic N) is 2. The van der Waals surface area contributed by atoms with Gasteiger partial charge in [-0.05, 0) is 18.6 Å². The van der Waals surface area contributed by atoms with Gasteiger partial charge in [-0.1, -0.05) is 17.7 Å². The van der Waals surface area contributed by atoms with Crippen molar-refractivity contribution in [3.8, 4) is 6.07 Å². The third-order valence-electron chi connectivity index (χ3n) is 2.92. The number of methoxy groups -OCH3 is 1. The van der Waals surface area contributed by atoms with Crippen molar-refractivity contribution in [3.05, 3.63) is 28.8 Å². The summed E-state index contributed by atoms with van der Waals surface area (Å²) in [5.41, 5.74) is 1.47. The minimum atomic E-state index is 0.255. The molecular formula is C12H13ClN2O. The first-order chi connectivity index (χ1) is 7.76. The molecule has 1 atom stereocenters. The first kappa shape index (κ1) is 11.3. The Morgan fingerprint density at radius 1 is 1.56 bits per heavy atom. The minimum absolute atomic E-state index is 0.255. The van der Waals surface area contributed by atoms with Gasteiger partial charge < -0.3 is 9.64 Å². The molecule has 1 heterocycles. The first-order valence-electron chi connectivity index (χ1n) is 5.22. The van der Waals surface area contributed by atoms with Gasteiger partial charge in [-0.25, -0.2) is 0 Å². The van der Waals surface area contributed by atoms with E-state index < -0.39 is 0 Å². The second-order valence-electron chi connectivity index (χ2n) is 3.84. The Morgan fingerprint density at radius 3 is 3.00 bits per heavy atom. The van der Waals surface area contributed by atoms with E-state index in [-0.39, 0.29) is 6.10 Å². The standard InChI is InChI=1S/C12H13ClN2O/c1-16-9-5-6-15(8-9)12-4-2-3-11(13)10(12)7-14/h2-4,9H,5-6,8H2,1H3. The molecule has 0 radical (unpaired) electrons. The lowest BCUT2D eigenvalue weighted by molar-refractivity contribution is 0.121. The van der Waals surface area contributed by atoms with Crippen LogP contribution in [0.2, 0.25) is 5.02 Å². The highest BCUT2D eigenvalue weighted by molar-refractivity contribution is 6.32. The Morgan fingerprint density at radius 2 is 2.38 bits per heavy atom. The Hall–Kier alpha value is -1.24. The molecule has 1 aromatic rings. The van der Waals surface area contributed by atoms with Gasteiger partial charge in [0.05, 0.1) is 22.4 Å². The monoisotopic (exact) mass is 236 g/mol. The lowest BCUT2D eigenvalue weighted by Gasteiger charge is -2.20. The van der Waals surface area contributed by atoms with Crippen molar-refractivity contribution in [2.45, 2.75) is 12.5 Å². The molecule has 1 unspecified atom stereocenters. The average Bonchev–Trinajstić information content (AvgIpc) is 2.77. The summed E-state index contributed by atoms with van der Waals surface area (Å²) >= 11 is 6.00. The zero-order valence-corrected chi connectivity index (χ0v) is 9.87. The highest BCUT2D eigenvalue weighted by Crippen LogP contribution is 2.29. The maximum absolute atomic E-state index is 9.09. The van der Waals surface area contributed by atoms with Crippen molar-refractivity contribution in [1.29, 1.82) is 5.26 Å². The zero-order valence-electron chi connectivity index (χ0n) is 9.11. The summed E-state index contributed by atoms with van der Waals surface area (Å²) in [6.45, 7) is 1.74. The Labute approximate surface area is 100 Å². The van der Waals surface area contributed by atoms with Crippen molar-refractivity contribution in [3.63, 3.8) is 0 Å². The normalized spacial score (nSPS) is 19.8. The van der Waals surface area contributed by atoms with Gasteiger partial charge in [0.15, 0.2) is 0 Å². The topological polar surface area (TPSA) is 36.3 Å². The van der Waals surface area contributed by atoms with E-state index in [1.54, 1.807) is 13.2 Å². The fourth-order valence-electron chi connectivity index (χ4n) is 2.03. The highest BCUT2D eigenvalue weighted by atomic mass is 35.5. The second kappa shape index (κ2) is 4.73. The van der Waals surface area contributed by atoms with Crippen LogP contribution in [0.1, 0.15) is 12.0 Å². The molecule has 0 bridgehead atoms. The number of ether oxygens (including phenoxy) is 1. The zero-order chi connectivity index (χ0) is 11.5. The maximum Gasteiger partial charge on any atom is 0.103 e. The molecule has 1 saturated heterocycles. The Bertz CT molecular complexity index is 428. The van der Waals surface area contributed by atoms with Crippen LogP contribution in [0.5, 0.6) is 0 Å². The molecule has 0 amide bonds. The van der Waals surface area contributed by atoms with Gasteiger partial charge in [0.1, 0.15) is 6.07 Å². The summed E-state index contributed by atoms with van der Waals surface area (Å²) < 4.78 is 5.31. The predicted molar refractivity (Wildman–Crippen MR) is 63.8 cm³/mol. The fourth-order valence-corrected chi connectivity index (χ4v) is 2.24. The molecule has 1 fully saturated rings. The smallest absolute Gasteiger partial charge is 0.103 e. The number of anilines is 1. The summed E-state index contributed by atoms with van der Waals surface area (Å²) in [6.07, 6.45) is 1.25. The molecular weight excluding hydrogens is 224 g/mol. The predicted octanol–water partition coefficient (Wildman–Crippen LogP) is 2.44. The molecule has 0 aromatic heterocycles. The Balaban J connectivity index is 2.28. The quantitative estimate of drug-likeness (QED) is 0.791. The van der Waals surface area contributed by atoms with Gasteiger partial charge in [-0.2, -0.15) is 5.26 Å². The molecule has 0 spiro atoms. The maximum atomic E-state index is 9.09. The van der Waals surface area contributed by atoms with Crippen LogP contribution >= 0.6 is 11.6 Å². The van der Waals surface area contributed by atoms with E-state index in [0.29, 0.717) is 10.6 Å². The molecule has 1 aliphatic rings. The summed E-state index contributed by atoms with van der Waals surface area (Å²) in [5, 5.41) is 9.61. The lowest BCUT2D eigenvalue weighted by atomic mass is 10.2. The van der Waals surface area contributed by atoms with Gasteiger partial charge in [-0.15, -0.1) is 0 Å². The molecule has 3 nitrogen and oxygen atoms in total. The third kappa shape index (κ3) is 1.99. The van der Waals surface area contributed by atoms with Crippen LogP contribution in [-0.4, -0.2) is 26.3 Å². The lowest BCUT2D eigenvalue weighted by Crippen LogP contribution is -2.23. The van der Waals surface area contributed by atoms with Crippen molar-refractivity contribution in [2.75, 3.05) is 25.1 Å². The first-order valence-corrected chi connectivity index (χ1v) is 5.60. The van der Waals surface area contributed by atoms with Gasteiger partial charge in [0.2, 0.25) is 0 Å². The largest absolute Gasteiger partial charge is 0.380 e. The van der Waals surface area contributed by atoms with Crippen LogP contribution in [0.4, 0.5) is 5.69 Å². The number of rotatable bonds is 2. The van der Waals surface area contributed by atoms with E-state index >= 15 is 0 Å². The van der Waals surface area contributed by atoms with Gasteiger partial charge >= 0.3 is 0 Å². The van der Waals surface area contributed by atoms with Gasteiger partial charge in [-0.3, -0.25) is 0 Å². The highest BCUT2D eigenvalue weighted by Gasteiger charge is 2.24. The minimum Gasteiger partial charge on any atom is -0.380 e. The van der Waals surface area contributed by atoms with Crippen molar-refractivity contribution in [1.82, 2.24) is 0 Å². The van der Waals surface area contributed by atoms with Crippen LogP contribution in [0, 0.1) is 11.3 Å². The van der Waals surface area contributed by atoms with Gasteiger partial charge in [0.25, 0.3) is 0 Å². The van der Waals surface area contributed by atoms with E-state index in [1.807, 2.05) is 12.1 Å². The van der Waals surface area contributed by atoms with Crippen molar-refractivity contribution < 1.29 is 4.74 Å². The molecule has 0 aliphatic carbocycles. The molecule has 0 saturated carbocycles. The molecule has 2 rings (SSSR count). The SMILES string of the molecule is COC1CCN(c2cccc(Cl)c2C#N)C1. The van der Waals surface area contributed by atoms with E-state index in [4.69, 9.17) is 21.6 Å². The average molecular weight is 237 g/mol. The number of halogens is 1. The van der Waals surface area contributed by atoms with Crippen LogP contribution in [-0.2, 0) is 4.74 Å². The number of hydrogen-bond donors (Lipinski definition) is 0. The molecule has 1 aliphatic heterocycles. The molecule has 1 aromatic carbocycles.